The van der Waals surface area contributed by atoms with Crippen molar-refractivity contribution < 1.29 is 19.1 Å². The number of aryl methyl sites for hydroxylation is 1. The first-order valence-corrected chi connectivity index (χ1v) is 8.85. The van der Waals surface area contributed by atoms with Crippen molar-refractivity contribution in [1.29, 1.82) is 0 Å². The first-order valence-electron chi connectivity index (χ1n) is 7.65. The molecule has 128 valence electrons. The number of hydrogen-bond acceptors (Lipinski definition) is 6. The first kappa shape index (κ1) is 16.1. The zero-order valence-electron chi connectivity index (χ0n) is 13.2. The summed E-state index contributed by atoms with van der Waals surface area (Å²) in [5.41, 5.74) is 1.61. The van der Waals surface area contributed by atoms with Gasteiger partial charge in [0.15, 0.2) is 0 Å². The molecular weight excluding hydrogens is 364 g/mol. The number of halogens is 1. The Labute approximate surface area is 151 Å². The van der Waals surface area contributed by atoms with Crippen molar-refractivity contribution in [2.24, 2.45) is 0 Å². The van der Waals surface area contributed by atoms with Gasteiger partial charge in [0.05, 0.1) is 18.0 Å². The van der Waals surface area contributed by atoms with E-state index in [-0.39, 0.29) is 6.61 Å². The van der Waals surface area contributed by atoms with Gasteiger partial charge in [0.2, 0.25) is 6.10 Å². The normalized spacial score (nSPS) is 17.0. The van der Waals surface area contributed by atoms with Crippen molar-refractivity contribution in [2.75, 3.05) is 6.61 Å². The van der Waals surface area contributed by atoms with Gasteiger partial charge in [0.1, 0.15) is 9.71 Å². The van der Waals surface area contributed by atoms with E-state index in [2.05, 4.69) is 5.10 Å². The second kappa shape index (κ2) is 6.16. The lowest BCUT2D eigenvalue weighted by Crippen LogP contribution is -2.22. The monoisotopic (exact) mass is 376 g/mol. The number of cyclic esters (lactones) is 1. The second-order valence-corrected chi connectivity index (χ2v) is 7.12. The van der Waals surface area contributed by atoms with Gasteiger partial charge in [-0.15, -0.1) is 11.3 Å². The fourth-order valence-electron chi connectivity index (χ4n) is 2.70. The van der Waals surface area contributed by atoms with Gasteiger partial charge in [0, 0.05) is 16.8 Å². The zero-order chi connectivity index (χ0) is 17.6. The molecule has 0 spiro atoms. The van der Waals surface area contributed by atoms with Crippen molar-refractivity contribution in [2.45, 2.75) is 19.4 Å². The highest BCUT2D eigenvalue weighted by atomic mass is 35.5. The molecule has 1 aromatic carbocycles. The van der Waals surface area contributed by atoms with Crippen molar-refractivity contribution in [3.05, 3.63) is 45.9 Å². The highest BCUT2D eigenvalue weighted by Crippen LogP contribution is 2.31. The van der Waals surface area contributed by atoms with Crippen LogP contribution < -0.4 is 0 Å². The molecule has 0 N–H and O–H groups in total. The largest absolute Gasteiger partial charge is 0.463 e. The van der Waals surface area contributed by atoms with Crippen LogP contribution in [0.2, 0.25) is 5.02 Å². The Morgan fingerprint density at radius 1 is 1.44 bits per heavy atom. The van der Waals surface area contributed by atoms with Gasteiger partial charge in [-0.1, -0.05) is 17.7 Å². The predicted molar refractivity (Wildman–Crippen MR) is 93.5 cm³/mol. The number of aromatic nitrogens is 2. The lowest BCUT2D eigenvalue weighted by atomic mass is 10.3. The van der Waals surface area contributed by atoms with Gasteiger partial charge in [-0.2, -0.15) is 5.10 Å². The molecule has 3 heterocycles. The number of esters is 2. The highest BCUT2D eigenvalue weighted by Gasteiger charge is 2.31. The van der Waals surface area contributed by atoms with Crippen LogP contribution in [0, 0.1) is 6.92 Å². The molecule has 1 fully saturated rings. The molecule has 0 unspecified atom stereocenters. The third kappa shape index (κ3) is 2.89. The van der Waals surface area contributed by atoms with Crippen LogP contribution in [0.25, 0.3) is 15.9 Å². The summed E-state index contributed by atoms with van der Waals surface area (Å²) in [7, 11) is 0. The van der Waals surface area contributed by atoms with E-state index in [9.17, 15) is 9.59 Å². The lowest BCUT2D eigenvalue weighted by Gasteiger charge is -2.06. The van der Waals surface area contributed by atoms with Gasteiger partial charge >= 0.3 is 11.9 Å². The molecule has 4 rings (SSSR count). The number of carbonyl (C=O) groups excluding carboxylic acids is 2. The van der Waals surface area contributed by atoms with E-state index in [0.717, 1.165) is 21.6 Å². The van der Waals surface area contributed by atoms with Crippen molar-refractivity contribution in [3.8, 4) is 5.69 Å². The summed E-state index contributed by atoms with van der Waals surface area (Å²) in [5.74, 6) is -1.02. The van der Waals surface area contributed by atoms with E-state index < -0.39 is 18.0 Å². The maximum absolute atomic E-state index is 12.4. The molecule has 1 aliphatic rings. The molecule has 3 aromatic rings. The summed E-state index contributed by atoms with van der Waals surface area (Å²) in [6, 6.07) is 9.07. The standard InChI is InChI=1S/C17H13ClN2O4S/c1-9-12-8-14(17(22)24-13-5-6-23-16(13)21)25-15(12)20(19-9)11-4-2-3-10(18)7-11/h2-4,7-8,13H,5-6H2,1H3/t13-/m0/s1. The summed E-state index contributed by atoms with van der Waals surface area (Å²) in [4.78, 5) is 25.1. The first-order chi connectivity index (χ1) is 12.0. The zero-order valence-corrected chi connectivity index (χ0v) is 14.8. The minimum absolute atomic E-state index is 0.284. The average molecular weight is 377 g/mol. The summed E-state index contributed by atoms with van der Waals surface area (Å²) >= 11 is 7.33. The van der Waals surface area contributed by atoms with Gasteiger partial charge < -0.3 is 9.47 Å². The fraction of sp³-hybridized carbons (Fsp3) is 0.235. The van der Waals surface area contributed by atoms with Crippen LogP contribution in [0.5, 0.6) is 0 Å². The molecule has 0 bridgehead atoms. The van der Waals surface area contributed by atoms with Crippen LogP contribution in [0.4, 0.5) is 0 Å². The van der Waals surface area contributed by atoms with Gasteiger partial charge in [-0.25, -0.2) is 14.3 Å². The Bertz CT molecular complexity index is 994. The van der Waals surface area contributed by atoms with Crippen molar-refractivity contribution >= 4 is 45.1 Å². The van der Waals surface area contributed by atoms with Crippen LogP contribution in [0.3, 0.4) is 0 Å². The molecular formula is C17H13ClN2O4S. The number of hydrogen-bond donors (Lipinski definition) is 0. The summed E-state index contributed by atoms with van der Waals surface area (Å²) < 4.78 is 11.8. The minimum atomic E-state index is -0.816. The number of ether oxygens (including phenoxy) is 2. The molecule has 0 amide bonds. The molecule has 25 heavy (non-hydrogen) atoms. The molecule has 1 aliphatic heterocycles. The number of thiophene rings is 1. The Kier molecular flexibility index (Phi) is 3.97. The van der Waals surface area contributed by atoms with Crippen LogP contribution >= 0.6 is 22.9 Å². The quantitative estimate of drug-likeness (QED) is 0.654. The van der Waals surface area contributed by atoms with Crippen molar-refractivity contribution in [1.82, 2.24) is 9.78 Å². The Morgan fingerprint density at radius 3 is 3.00 bits per heavy atom. The molecule has 0 aliphatic carbocycles. The Hall–Kier alpha value is -2.38. The number of nitrogens with zero attached hydrogens (tertiary/aromatic N) is 2. The second-order valence-electron chi connectivity index (χ2n) is 5.66. The SMILES string of the molecule is Cc1nn(-c2cccc(Cl)c2)c2sc(C(=O)O[C@H]3CCOC3=O)cc12. The van der Waals surface area contributed by atoms with Gasteiger partial charge in [0.25, 0.3) is 0 Å². The fourth-order valence-corrected chi connectivity index (χ4v) is 3.95. The van der Waals surface area contributed by atoms with Crippen LogP contribution in [-0.2, 0) is 14.3 Å². The number of rotatable bonds is 3. The maximum Gasteiger partial charge on any atom is 0.349 e. The average Bonchev–Trinajstić information content (AvgIpc) is 3.25. The minimum Gasteiger partial charge on any atom is -0.463 e. The van der Waals surface area contributed by atoms with E-state index in [4.69, 9.17) is 21.1 Å². The number of fused-ring (bicyclic) bond motifs is 1. The Balaban J connectivity index is 1.69. The van der Waals surface area contributed by atoms with E-state index in [1.54, 1.807) is 22.9 Å². The molecule has 6 nitrogen and oxygen atoms in total. The number of benzene rings is 1. The molecule has 1 atom stereocenters. The topological polar surface area (TPSA) is 70.4 Å². The molecule has 1 saturated heterocycles. The Morgan fingerprint density at radius 2 is 2.28 bits per heavy atom. The van der Waals surface area contributed by atoms with Crippen molar-refractivity contribution in [3.63, 3.8) is 0 Å². The third-order valence-electron chi connectivity index (χ3n) is 3.94. The highest BCUT2D eigenvalue weighted by molar-refractivity contribution is 7.20. The van der Waals surface area contributed by atoms with Crippen LogP contribution in [0.1, 0.15) is 21.8 Å². The smallest absolute Gasteiger partial charge is 0.349 e. The summed E-state index contributed by atoms with van der Waals surface area (Å²) in [5, 5.41) is 5.99. The third-order valence-corrected chi connectivity index (χ3v) is 5.26. The molecule has 0 saturated carbocycles. The number of carbonyl (C=O) groups is 2. The van der Waals surface area contributed by atoms with E-state index >= 15 is 0 Å². The van der Waals surface area contributed by atoms with Gasteiger partial charge in [-0.3, -0.25) is 0 Å². The van der Waals surface area contributed by atoms with E-state index in [1.807, 2.05) is 19.1 Å². The van der Waals surface area contributed by atoms with Crippen LogP contribution in [0.15, 0.2) is 30.3 Å². The molecule has 2 aromatic heterocycles. The van der Waals surface area contributed by atoms with Crippen LogP contribution in [-0.4, -0.2) is 34.4 Å². The van der Waals surface area contributed by atoms with E-state index in [1.165, 1.54) is 11.3 Å². The van der Waals surface area contributed by atoms with Gasteiger partial charge in [-0.05, 0) is 31.2 Å². The maximum atomic E-state index is 12.4. The summed E-state index contributed by atoms with van der Waals surface area (Å²) in [6.07, 6.45) is -0.423. The lowest BCUT2D eigenvalue weighted by molar-refractivity contribution is -0.145. The summed E-state index contributed by atoms with van der Waals surface area (Å²) in [6.45, 7) is 2.16. The predicted octanol–water partition coefficient (Wildman–Crippen LogP) is 3.52. The molecule has 8 heteroatoms. The molecule has 0 radical (unpaired) electrons. The van der Waals surface area contributed by atoms with E-state index in [0.29, 0.717) is 16.3 Å².